The molecule has 0 N–H and O–H groups in total. The maximum absolute atomic E-state index is 14.3. The van der Waals surface area contributed by atoms with E-state index in [2.05, 4.69) is 4.98 Å². The van der Waals surface area contributed by atoms with E-state index in [9.17, 15) is 34.3 Å². The molecule has 0 aliphatic carbocycles. The van der Waals surface area contributed by atoms with Gasteiger partial charge in [0.25, 0.3) is 5.91 Å². The number of pyridine rings is 1. The summed E-state index contributed by atoms with van der Waals surface area (Å²) in [7, 11) is -8.60. The second kappa shape index (κ2) is 10.1. The minimum atomic E-state index is -10.0. The maximum atomic E-state index is 14.3. The molecule has 2 amide bonds. The zero-order chi connectivity index (χ0) is 30.4. The van der Waals surface area contributed by atoms with Gasteiger partial charge in [-0.3, -0.25) is 24.4 Å². The van der Waals surface area contributed by atoms with Crippen LogP contribution >= 0.6 is 10.2 Å². The molecule has 0 bridgehead atoms. The number of methoxy groups -OCH3 is 1. The number of hydrogen-bond acceptors (Lipinski definition) is 7. The van der Waals surface area contributed by atoms with Gasteiger partial charge in [0.1, 0.15) is 17.0 Å². The molecular weight excluding hydrogens is 585 g/mol. The van der Waals surface area contributed by atoms with Crippen LogP contribution in [-0.4, -0.2) is 78.7 Å². The number of anilines is 1. The van der Waals surface area contributed by atoms with Gasteiger partial charge in [-0.05, 0) is 43.2 Å². The molecule has 15 heteroatoms. The Labute approximate surface area is 239 Å². The fourth-order valence-corrected chi connectivity index (χ4v) is 6.53. The number of rotatable bonds is 7. The molecule has 3 saturated heterocycles. The smallest absolute Gasteiger partial charge is 0.310 e. The first-order valence-corrected chi connectivity index (χ1v) is 15.2. The number of halogens is 5. The van der Waals surface area contributed by atoms with Gasteiger partial charge in [0.05, 0.1) is 25.9 Å². The van der Waals surface area contributed by atoms with E-state index in [1.54, 1.807) is 17.0 Å². The molecule has 1 spiro atoms. The van der Waals surface area contributed by atoms with Gasteiger partial charge in [-0.1, -0.05) is 25.5 Å². The summed E-state index contributed by atoms with van der Waals surface area (Å²) in [5.74, 6) is -1.28. The molecule has 4 heterocycles. The van der Waals surface area contributed by atoms with Crippen molar-refractivity contribution in [1.82, 2.24) is 14.8 Å². The predicted octanol–water partition coefficient (Wildman–Crippen LogP) is 5.02. The average molecular weight is 616 g/mol. The zero-order valence-electron chi connectivity index (χ0n) is 22.7. The molecule has 1 unspecified atom stereocenters. The number of carbonyl (C=O) groups excluding carboxylic acids is 2. The van der Waals surface area contributed by atoms with Crippen LogP contribution in [0.3, 0.4) is 0 Å². The van der Waals surface area contributed by atoms with Gasteiger partial charge in [0.15, 0.2) is 6.19 Å². The number of aromatic nitrogens is 1. The lowest BCUT2D eigenvalue weighted by Crippen LogP contribution is -2.58. The van der Waals surface area contributed by atoms with E-state index in [0.717, 1.165) is 23.5 Å². The van der Waals surface area contributed by atoms with Crippen LogP contribution in [0.4, 0.5) is 25.1 Å². The van der Waals surface area contributed by atoms with Gasteiger partial charge >= 0.3 is 10.2 Å². The van der Waals surface area contributed by atoms with Crippen molar-refractivity contribution in [3.05, 3.63) is 54.4 Å². The van der Waals surface area contributed by atoms with E-state index in [0.29, 0.717) is 32.7 Å². The Bertz CT molecular complexity index is 1390. The molecule has 1 aromatic heterocycles. The molecule has 42 heavy (non-hydrogen) atoms. The second-order valence-electron chi connectivity index (χ2n) is 11.1. The molecule has 5 rings (SSSR count). The summed E-state index contributed by atoms with van der Waals surface area (Å²) in [6.45, 7) is 1.77. The van der Waals surface area contributed by atoms with Gasteiger partial charge in [-0.2, -0.15) is 5.26 Å². The first kappa shape index (κ1) is 30.0. The summed E-state index contributed by atoms with van der Waals surface area (Å²) < 4.78 is 78.5. The number of hydrogen-bond donors (Lipinski definition) is 0. The third-order valence-electron chi connectivity index (χ3n) is 8.09. The van der Waals surface area contributed by atoms with Crippen molar-refractivity contribution in [2.75, 3.05) is 44.9 Å². The number of nitrogens with zero attached hydrogens (tertiary/aromatic N) is 5. The van der Waals surface area contributed by atoms with Crippen molar-refractivity contribution >= 4 is 27.7 Å². The van der Waals surface area contributed by atoms with Gasteiger partial charge in [-0.15, -0.1) is 0 Å². The highest BCUT2D eigenvalue weighted by Gasteiger charge is 2.65. The third kappa shape index (κ3) is 5.88. The molecule has 1 aromatic carbocycles. The topological polar surface area (TPSA) is 99.0 Å². The number of benzene rings is 1. The molecular formula is C27H30F5N5O4S. The highest BCUT2D eigenvalue weighted by atomic mass is 32.5. The van der Waals surface area contributed by atoms with Crippen LogP contribution < -0.4 is 4.90 Å². The van der Waals surface area contributed by atoms with Gasteiger partial charge < -0.3 is 14.4 Å². The summed E-state index contributed by atoms with van der Waals surface area (Å²) >= 11 is 0. The molecule has 9 nitrogen and oxygen atoms in total. The number of amides is 2. The third-order valence-corrected chi connectivity index (χ3v) is 9.25. The first-order chi connectivity index (χ1) is 19.6. The Kier molecular flexibility index (Phi) is 7.19. The fourth-order valence-electron chi connectivity index (χ4n) is 5.88. The average Bonchev–Trinajstić information content (AvgIpc) is 3.37. The van der Waals surface area contributed by atoms with Crippen LogP contribution in [0.5, 0.6) is 0 Å². The Morgan fingerprint density at radius 3 is 2.45 bits per heavy atom. The summed E-state index contributed by atoms with van der Waals surface area (Å²) in [5.41, 5.74) is -0.174. The summed E-state index contributed by atoms with van der Waals surface area (Å²) in [6, 6.07) is 2.49. The Morgan fingerprint density at radius 2 is 1.90 bits per heavy atom. The zero-order valence-corrected chi connectivity index (χ0v) is 23.5. The molecule has 3 fully saturated rings. The Balaban J connectivity index is 1.62. The quantitative estimate of drug-likeness (QED) is 0.319. The molecule has 2 aromatic rings. The van der Waals surface area contributed by atoms with E-state index in [-0.39, 0.29) is 41.8 Å². The SMILES string of the molecule is CO[C@@H]1C[C@H](C(=O)N(c2ccc(S(F)(F)(F)(F)F)cc2)C(C(=O)N2CCCC3(COC3)C2)c2cccnc2)N(C#N)C1. The number of ether oxygens (including phenoxy) is 2. The van der Waals surface area contributed by atoms with E-state index >= 15 is 0 Å². The standard InChI is InChI=1S/C27H30F5N5O4S/c1-40-21-12-23(36(14-21)18-33)25(38)37(20-5-7-22(8-6-20)42(28,29,30,31)32)24(19-4-2-10-34-13-19)26(39)35-11-3-9-27(15-35)16-41-17-27/h2,4-8,10,13,21,23-24H,3,9,11-12,14-17H2,1H3/t21-,23-,24?/m1/s1. The summed E-state index contributed by atoms with van der Waals surface area (Å²) in [4.78, 5) is 34.4. The number of carbonyl (C=O) groups is 2. The van der Waals surface area contributed by atoms with Crippen molar-refractivity contribution in [2.45, 2.75) is 42.3 Å². The predicted molar refractivity (Wildman–Crippen MR) is 143 cm³/mol. The minimum absolute atomic E-state index is 0.0705. The van der Waals surface area contributed by atoms with Crippen LogP contribution in [0.25, 0.3) is 0 Å². The minimum Gasteiger partial charge on any atom is -0.380 e. The molecule has 0 saturated carbocycles. The number of likely N-dealkylation sites (tertiary alicyclic amines) is 2. The second-order valence-corrected chi connectivity index (χ2v) is 13.5. The monoisotopic (exact) mass is 615 g/mol. The van der Waals surface area contributed by atoms with E-state index in [1.807, 2.05) is 6.19 Å². The lowest BCUT2D eigenvalue weighted by molar-refractivity contribution is -0.160. The van der Waals surface area contributed by atoms with Crippen molar-refractivity contribution < 1.29 is 38.5 Å². The lowest BCUT2D eigenvalue weighted by atomic mass is 9.78. The van der Waals surface area contributed by atoms with Crippen LogP contribution in [-0.2, 0) is 19.1 Å². The van der Waals surface area contributed by atoms with Crippen molar-refractivity contribution in [1.29, 1.82) is 5.26 Å². The lowest BCUT2D eigenvalue weighted by Gasteiger charge is -2.49. The summed E-state index contributed by atoms with van der Waals surface area (Å²) in [6.07, 6.45) is 5.88. The van der Waals surface area contributed by atoms with E-state index in [1.165, 1.54) is 24.4 Å². The number of piperidine rings is 1. The van der Waals surface area contributed by atoms with Crippen molar-refractivity contribution in [3.8, 4) is 6.19 Å². The van der Waals surface area contributed by atoms with Crippen LogP contribution in [0, 0.1) is 16.9 Å². The molecule has 3 atom stereocenters. The van der Waals surface area contributed by atoms with Crippen LogP contribution in [0.15, 0.2) is 53.7 Å². The molecule has 3 aliphatic heterocycles. The summed E-state index contributed by atoms with van der Waals surface area (Å²) in [5, 5.41) is 9.74. The highest BCUT2D eigenvalue weighted by Crippen LogP contribution is 3.02. The van der Waals surface area contributed by atoms with Gasteiger partial charge in [0.2, 0.25) is 5.91 Å². The normalized spacial score (nSPS) is 24.2. The largest absolute Gasteiger partial charge is 0.380 e. The maximum Gasteiger partial charge on any atom is 0.310 e. The van der Waals surface area contributed by atoms with Gasteiger partial charge in [-0.25, -0.2) is 0 Å². The molecule has 3 aliphatic rings. The molecule has 228 valence electrons. The van der Waals surface area contributed by atoms with Crippen molar-refractivity contribution in [3.63, 3.8) is 0 Å². The fraction of sp³-hybridized carbons (Fsp3) is 0.481. The molecule has 0 radical (unpaired) electrons. The van der Waals surface area contributed by atoms with E-state index < -0.39 is 45.1 Å². The Hall–Kier alpha value is -3.48. The highest BCUT2D eigenvalue weighted by molar-refractivity contribution is 8.45. The number of nitriles is 1. The van der Waals surface area contributed by atoms with Gasteiger partial charge in [0, 0.05) is 55.7 Å². The van der Waals surface area contributed by atoms with Crippen LogP contribution in [0.1, 0.15) is 30.9 Å². The first-order valence-electron chi connectivity index (χ1n) is 13.3. The van der Waals surface area contributed by atoms with Crippen molar-refractivity contribution in [2.24, 2.45) is 5.41 Å². The Morgan fingerprint density at radius 1 is 1.19 bits per heavy atom. The van der Waals surface area contributed by atoms with E-state index in [4.69, 9.17) is 9.47 Å². The van der Waals surface area contributed by atoms with Crippen LogP contribution in [0.2, 0.25) is 0 Å².